The van der Waals surface area contributed by atoms with E-state index in [4.69, 9.17) is 9.47 Å². The Morgan fingerprint density at radius 3 is 2.46 bits per heavy atom. The van der Waals surface area contributed by atoms with E-state index >= 15 is 0 Å². The summed E-state index contributed by atoms with van der Waals surface area (Å²) in [6, 6.07) is 16.0. The highest BCUT2D eigenvalue weighted by Gasteiger charge is 2.27. The summed E-state index contributed by atoms with van der Waals surface area (Å²) in [7, 11) is 1.32. The Kier molecular flexibility index (Phi) is 7.21. The van der Waals surface area contributed by atoms with E-state index in [1.54, 1.807) is 24.3 Å². The van der Waals surface area contributed by atoms with E-state index in [-0.39, 0.29) is 11.8 Å². The van der Waals surface area contributed by atoms with Crippen LogP contribution in [0.5, 0.6) is 5.75 Å². The van der Waals surface area contributed by atoms with Gasteiger partial charge in [-0.2, -0.15) is 0 Å². The molecule has 2 aromatic rings. The molecule has 0 spiro atoms. The van der Waals surface area contributed by atoms with Crippen LogP contribution in [0.25, 0.3) is 0 Å². The summed E-state index contributed by atoms with van der Waals surface area (Å²) in [5.74, 6) is -0.196. The molecule has 0 aromatic heterocycles. The van der Waals surface area contributed by atoms with Gasteiger partial charge in [0.15, 0.2) is 0 Å². The molecule has 2 rings (SSSR count). The number of ether oxygens (including phenoxy) is 2. The number of esters is 1. The quantitative estimate of drug-likeness (QED) is 0.735. The lowest BCUT2D eigenvalue weighted by Crippen LogP contribution is -2.45. The zero-order valence-corrected chi connectivity index (χ0v) is 15.4. The molecule has 0 saturated carbocycles. The van der Waals surface area contributed by atoms with E-state index in [9.17, 15) is 9.59 Å². The summed E-state index contributed by atoms with van der Waals surface area (Å²) in [5, 5.41) is 2.77. The fraction of sp³-hybridized carbons (Fsp3) is 0.333. The van der Waals surface area contributed by atoms with Gasteiger partial charge in [0.2, 0.25) is 0 Å². The Morgan fingerprint density at radius 1 is 1.08 bits per heavy atom. The van der Waals surface area contributed by atoms with Crippen molar-refractivity contribution in [3.8, 4) is 5.75 Å². The molecule has 0 radical (unpaired) electrons. The first-order valence-electron chi connectivity index (χ1n) is 8.70. The lowest BCUT2D eigenvalue weighted by atomic mass is 9.99. The number of carbonyl (C=O) groups excluding carboxylic acids is 2. The van der Waals surface area contributed by atoms with Gasteiger partial charge in [0.25, 0.3) is 5.91 Å². The Hall–Kier alpha value is -2.82. The summed E-state index contributed by atoms with van der Waals surface area (Å²) in [6.45, 7) is 4.29. The zero-order valence-electron chi connectivity index (χ0n) is 15.4. The number of hydrogen-bond acceptors (Lipinski definition) is 4. The first kappa shape index (κ1) is 19.5. The SMILES string of the molecule is CC[C@H](C)[C@H](NC(=O)c1cccc(OCc2ccccc2)c1)C(=O)OC. The monoisotopic (exact) mass is 355 g/mol. The molecule has 2 aromatic carbocycles. The normalized spacial score (nSPS) is 12.7. The van der Waals surface area contributed by atoms with Crippen LogP contribution in [0.3, 0.4) is 0 Å². The molecule has 5 nitrogen and oxygen atoms in total. The van der Waals surface area contributed by atoms with Gasteiger partial charge in [-0.1, -0.05) is 56.7 Å². The van der Waals surface area contributed by atoms with E-state index in [0.717, 1.165) is 12.0 Å². The number of rotatable bonds is 8. The Morgan fingerprint density at radius 2 is 1.81 bits per heavy atom. The summed E-state index contributed by atoms with van der Waals surface area (Å²) < 4.78 is 10.6. The van der Waals surface area contributed by atoms with Crippen molar-refractivity contribution in [2.45, 2.75) is 32.9 Å². The van der Waals surface area contributed by atoms with E-state index in [1.807, 2.05) is 44.2 Å². The van der Waals surface area contributed by atoms with Crippen molar-refractivity contribution in [2.75, 3.05) is 7.11 Å². The molecule has 138 valence electrons. The number of amides is 1. The molecule has 0 unspecified atom stereocenters. The first-order valence-corrected chi connectivity index (χ1v) is 8.70. The molecule has 2 atom stereocenters. The molecular weight excluding hydrogens is 330 g/mol. The number of hydrogen-bond donors (Lipinski definition) is 1. The summed E-state index contributed by atoms with van der Waals surface area (Å²) in [4.78, 5) is 24.5. The Balaban J connectivity index is 2.05. The van der Waals surface area contributed by atoms with Crippen LogP contribution in [0.4, 0.5) is 0 Å². The fourth-order valence-electron chi connectivity index (χ4n) is 2.49. The van der Waals surface area contributed by atoms with Crippen LogP contribution in [-0.4, -0.2) is 25.0 Å². The van der Waals surface area contributed by atoms with Gasteiger partial charge in [-0.25, -0.2) is 4.79 Å². The summed E-state index contributed by atoms with van der Waals surface area (Å²) >= 11 is 0. The van der Waals surface area contributed by atoms with Gasteiger partial charge < -0.3 is 14.8 Å². The standard InChI is InChI=1S/C21H25NO4/c1-4-15(2)19(21(24)25-3)22-20(23)17-11-8-12-18(13-17)26-14-16-9-6-5-7-10-16/h5-13,15,19H,4,14H2,1-3H3,(H,22,23)/t15-,19-/m0/s1. The van der Waals surface area contributed by atoms with Crippen LogP contribution in [0, 0.1) is 5.92 Å². The van der Waals surface area contributed by atoms with Crippen molar-refractivity contribution in [2.24, 2.45) is 5.92 Å². The van der Waals surface area contributed by atoms with Crippen molar-refractivity contribution < 1.29 is 19.1 Å². The minimum atomic E-state index is -0.675. The molecular formula is C21H25NO4. The van der Waals surface area contributed by atoms with Crippen LogP contribution >= 0.6 is 0 Å². The van der Waals surface area contributed by atoms with Crippen LogP contribution in [0.15, 0.2) is 54.6 Å². The second-order valence-electron chi connectivity index (χ2n) is 6.16. The average Bonchev–Trinajstić information content (AvgIpc) is 2.70. The van der Waals surface area contributed by atoms with Gasteiger partial charge in [-0.3, -0.25) is 4.79 Å². The van der Waals surface area contributed by atoms with Gasteiger partial charge in [-0.05, 0) is 29.7 Å². The van der Waals surface area contributed by atoms with Crippen molar-refractivity contribution in [3.63, 3.8) is 0 Å². The van der Waals surface area contributed by atoms with Gasteiger partial charge in [-0.15, -0.1) is 0 Å². The van der Waals surface area contributed by atoms with E-state index in [1.165, 1.54) is 7.11 Å². The van der Waals surface area contributed by atoms with Crippen molar-refractivity contribution in [3.05, 3.63) is 65.7 Å². The molecule has 0 aliphatic rings. The smallest absolute Gasteiger partial charge is 0.328 e. The van der Waals surface area contributed by atoms with Crippen molar-refractivity contribution in [1.82, 2.24) is 5.32 Å². The first-order chi connectivity index (χ1) is 12.5. The van der Waals surface area contributed by atoms with Crippen LogP contribution in [0.2, 0.25) is 0 Å². The molecule has 0 bridgehead atoms. The van der Waals surface area contributed by atoms with Gasteiger partial charge in [0, 0.05) is 5.56 Å². The third-order valence-electron chi connectivity index (χ3n) is 4.30. The Labute approximate surface area is 154 Å². The highest BCUT2D eigenvalue weighted by atomic mass is 16.5. The zero-order chi connectivity index (χ0) is 18.9. The highest BCUT2D eigenvalue weighted by molar-refractivity contribution is 5.97. The molecule has 0 aliphatic carbocycles. The maximum Gasteiger partial charge on any atom is 0.328 e. The van der Waals surface area contributed by atoms with Gasteiger partial charge in [0.1, 0.15) is 18.4 Å². The summed E-state index contributed by atoms with van der Waals surface area (Å²) in [6.07, 6.45) is 0.750. The third kappa shape index (κ3) is 5.34. The van der Waals surface area contributed by atoms with Crippen LogP contribution < -0.4 is 10.1 Å². The summed E-state index contributed by atoms with van der Waals surface area (Å²) in [5.41, 5.74) is 1.48. The largest absolute Gasteiger partial charge is 0.489 e. The topological polar surface area (TPSA) is 64.6 Å². The highest BCUT2D eigenvalue weighted by Crippen LogP contribution is 2.16. The predicted octanol–water partition coefficient (Wildman–Crippen LogP) is 3.58. The maximum absolute atomic E-state index is 12.5. The molecule has 0 saturated heterocycles. The number of nitrogens with one attached hydrogen (secondary N) is 1. The lowest BCUT2D eigenvalue weighted by Gasteiger charge is -2.22. The van der Waals surface area contributed by atoms with E-state index < -0.39 is 12.0 Å². The molecule has 1 N–H and O–H groups in total. The number of carbonyl (C=O) groups is 2. The maximum atomic E-state index is 12.5. The minimum absolute atomic E-state index is 0.0242. The molecule has 26 heavy (non-hydrogen) atoms. The second kappa shape index (κ2) is 9.61. The van der Waals surface area contributed by atoms with E-state index in [0.29, 0.717) is 17.9 Å². The van der Waals surface area contributed by atoms with Crippen LogP contribution in [-0.2, 0) is 16.1 Å². The van der Waals surface area contributed by atoms with Gasteiger partial charge >= 0.3 is 5.97 Å². The van der Waals surface area contributed by atoms with Crippen LogP contribution in [0.1, 0.15) is 36.2 Å². The van der Waals surface area contributed by atoms with Crippen molar-refractivity contribution in [1.29, 1.82) is 0 Å². The molecule has 1 amide bonds. The lowest BCUT2D eigenvalue weighted by molar-refractivity contribution is -0.144. The average molecular weight is 355 g/mol. The van der Waals surface area contributed by atoms with Gasteiger partial charge in [0.05, 0.1) is 7.11 Å². The molecule has 0 fully saturated rings. The fourth-order valence-corrected chi connectivity index (χ4v) is 2.49. The van der Waals surface area contributed by atoms with Crippen molar-refractivity contribution >= 4 is 11.9 Å². The third-order valence-corrected chi connectivity index (χ3v) is 4.30. The second-order valence-corrected chi connectivity index (χ2v) is 6.16. The minimum Gasteiger partial charge on any atom is -0.489 e. The number of benzene rings is 2. The molecule has 5 heteroatoms. The molecule has 0 aliphatic heterocycles. The molecule has 0 heterocycles. The predicted molar refractivity (Wildman–Crippen MR) is 99.9 cm³/mol. The Bertz CT molecular complexity index is 730. The van der Waals surface area contributed by atoms with E-state index in [2.05, 4.69) is 5.32 Å². The number of methoxy groups -OCH3 is 1.